The summed E-state index contributed by atoms with van der Waals surface area (Å²) in [5, 5.41) is 15.8. The van der Waals surface area contributed by atoms with Gasteiger partial charge < -0.3 is 9.84 Å². The second-order valence-electron chi connectivity index (χ2n) is 3.76. The molecule has 1 saturated heterocycles. The molecule has 88 valence electrons. The van der Waals surface area contributed by atoms with Crippen molar-refractivity contribution in [3.8, 4) is 0 Å². The van der Waals surface area contributed by atoms with Crippen molar-refractivity contribution < 1.29 is 14.6 Å². The molecule has 0 amide bonds. The zero-order valence-electron chi connectivity index (χ0n) is 8.84. The first kappa shape index (κ1) is 11.4. The first-order valence-electron chi connectivity index (χ1n) is 5.03. The van der Waals surface area contributed by atoms with E-state index >= 15 is 0 Å². The Morgan fingerprint density at radius 2 is 2.56 bits per heavy atom. The standard InChI is InChI=1S/C9H13N3O3S/c1-5-2-6(3-15-5)8-10-9(12-11-8)16-4-7(13)14/h5-6H,2-4H2,1H3,(H,13,14)(H,10,11,12). The molecule has 2 rings (SSSR count). The molecule has 1 aromatic rings. The van der Waals surface area contributed by atoms with Gasteiger partial charge in [0.25, 0.3) is 0 Å². The third-order valence-corrected chi connectivity index (χ3v) is 3.22. The van der Waals surface area contributed by atoms with E-state index in [9.17, 15) is 4.79 Å². The third-order valence-electron chi connectivity index (χ3n) is 2.39. The van der Waals surface area contributed by atoms with Crippen molar-refractivity contribution >= 4 is 17.7 Å². The molecule has 1 aliphatic heterocycles. The van der Waals surface area contributed by atoms with E-state index in [-0.39, 0.29) is 17.8 Å². The minimum Gasteiger partial charge on any atom is -0.481 e. The van der Waals surface area contributed by atoms with E-state index < -0.39 is 5.97 Å². The number of hydrogen-bond acceptors (Lipinski definition) is 5. The van der Waals surface area contributed by atoms with E-state index in [1.807, 2.05) is 6.92 Å². The fourth-order valence-electron chi connectivity index (χ4n) is 1.64. The number of ether oxygens (including phenoxy) is 1. The summed E-state index contributed by atoms with van der Waals surface area (Å²) in [6, 6.07) is 0. The molecule has 0 saturated carbocycles. The van der Waals surface area contributed by atoms with Crippen LogP contribution in [-0.2, 0) is 9.53 Å². The molecule has 7 heteroatoms. The molecule has 0 aromatic carbocycles. The number of H-pyrrole nitrogens is 1. The topological polar surface area (TPSA) is 88.1 Å². The van der Waals surface area contributed by atoms with E-state index in [1.165, 1.54) is 0 Å². The van der Waals surface area contributed by atoms with Gasteiger partial charge >= 0.3 is 5.97 Å². The number of carbonyl (C=O) groups is 1. The van der Waals surface area contributed by atoms with Crippen LogP contribution in [0.3, 0.4) is 0 Å². The summed E-state index contributed by atoms with van der Waals surface area (Å²) < 4.78 is 5.44. The monoisotopic (exact) mass is 243 g/mol. The predicted molar refractivity (Wildman–Crippen MR) is 57.5 cm³/mol. The van der Waals surface area contributed by atoms with Crippen molar-refractivity contribution in [1.82, 2.24) is 15.2 Å². The molecular formula is C9H13N3O3S. The lowest BCUT2D eigenvalue weighted by Crippen LogP contribution is -2.00. The lowest BCUT2D eigenvalue weighted by molar-refractivity contribution is -0.133. The Morgan fingerprint density at radius 3 is 3.19 bits per heavy atom. The molecule has 6 nitrogen and oxygen atoms in total. The summed E-state index contributed by atoms with van der Waals surface area (Å²) in [6.07, 6.45) is 1.18. The van der Waals surface area contributed by atoms with Gasteiger partial charge in [-0.15, -0.1) is 5.10 Å². The van der Waals surface area contributed by atoms with Gasteiger partial charge in [-0.1, -0.05) is 11.8 Å². The van der Waals surface area contributed by atoms with Gasteiger partial charge in [0, 0.05) is 5.92 Å². The summed E-state index contributed by atoms with van der Waals surface area (Å²) in [5.74, 6) is 0.155. The average Bonchev–Trinajstić information content (AvgIpc) is 2.83. The molecule has 1 aliphatic rings. The number of aromatic amines is 1. The molecular weight excluding hydrogens is 230 g/mol. The highest BCUT2D eigenvalue weighted by Crippen LogP contribution is 2.27. The van der Waals surface area contributed by atoms with E-state index in [0.29, 0.717) is 11.8 Å². The van der Waals surface area contributed by atoms with Gasteiger partial charge in [0.05, 0.1) is 18.5 Å². The molecule has 1 aromatic heterocycles. The number of nitrogens with zero attached hydrogens (tertiary/aromatic N) is 2. The molecule has 2 unspecified atom stereocenters. The number of carboxylic acid groups (broad SMARTS) is 1. The predicted octanol–water partition coefficient (Wildman–Crippen LogP) is 0.874. The van der Waals surface area contributed by atoms with Gasteiger partial charge in [0.15, 0.2) is 0 Å². The Balaban J connectivity index is 1.94. The Hall–Kier alpha value is -1.08. The average molecular weight is 243 g/mol. The molecule has 16 heavy (non-hydrogen) atoms. The van der Waals surface area contributed by atoms with Crippen LogP contribution >= 0.6 is 11.8 Å². The zero-order valence-corrected chi connectivity index (χ0v) is 9.66. The molecule has 0 bridgehead atoms. The minimum atomic E-state index is -0.867. The molecule has 2 heterocycles. The Labute approximate surface area is 96.8 Å². The van der Waals surface area contributed by atoms with Crippen molar-refractivity contribution in [2.75, 3.05) is 12.4 Å². The lowest BCUT2D eigenvalue weighted by Gasteiger charge is -2.00. The normalized spacial score (nSPS) is 24.8. The summed E-state index contributed by atoms with van der Waals surface area (Å²) in [4.78, 5) is 14.6. The number of hydrogen-bond donors (Lipinski definition) is 2. The maximum Gasteiger partial charge on any atom is 0.313 e. The highest BCUT2D eigenvalue weighted by atomic mass is 32.2. The fourth-order valence-corrected chi connectivity index (χ4v) is 2.16. The van der Waals surface area contributed by atoms with Crippen LogP contribution in [0.2, 0.25) is 0 Å². The van der Waals surface area contributed by atoms with Gasteiger partial charge in [0.1, 0.15) is 5.82 Å². The highest BCUT2D eigenvalue weighted by molar-refractivity contribution is 7.99. The number of aromatic nitrogens is 3. The van der Waals surface area contributed by atoms with Crippen LogP contribution in [0, 0.1) is 0 Å². The number of thioether (sulfide) groups is 1. The van der Waals surface area contributed by atoms with Crippen molar-refractivity contribution in [3.63, 3.8) is 0 Å². The molecule has 0 aliphatic carbocycles. The largest absolute Gasteiger partial charge is 0.481 e. The van der Waals surface area contributed by atoms with Gasteiger partial charge in [-0.25, -0.2) is 4.98 Å². The van der Waals surface area contributed by atoms with Crippen LogP contribution in [-0.4, -0.2) is 44.7 Å². The SMILES string of the molecule is CC1CC(c2nc(SCC(=O)O)n[nH]2)CO1. The van der Waals surface area contributed by atoms with E-state index in [4.69, 9.17) is 9.84 Å². The number of nitrogens with one attached hydrogen (secondary N) is 1. The molecule has 1 fully saturated rings. The summed E-state index contributed by atoms with van der Waals surface area (Å²) in [6.45, 7) is 2.68. The number of rotatable bonds is 4. The first-order chi connectivity index (χ1) is 7.65. The van der Waals surface area contributed by atoms with Crippen LogP contribution in [0.1, 0.15) is 25.1 Å². The first-order valence-corrected chi connectivity index (χ1v) is 6.02. The van der Waals surface area contributed by atoms with Crippen molar-refractivity contribution in [2.45, 2.75) is 30.5 Å². The van der Waals surface area contributed by atoms with Gasteiger partial charge in [-0.3, -0.25) is 9.89 Å². The second-order valence-corrected chi connectivity index (χ2v) is 4.70. The summed E-state index contributed by atoms with van der Waals surface area (Å²) >= 11 is 1.12. The van der Waals surface area contributed by atoms with Crippen LogP contribution in [0.4, 0.5) is 0 Å². The van der Waals surface area contributed by atoms with Crippen LogP contribution < -0.4 is 0 Å². The molecule has 2 N–H and O–H groups in total. The molecule has 0 spiro atoms. The van der Waals surface area contributed by atoms with E-state index in [0.717, 1.165) is 24.0 Å². The Morgan fingerprint density at radius 1 is 1.75 bits per heavy atom. The van der Waals surface area contributed by atoms with Crippen molar-refractivity contribution in [1.29, 1.82) is 0 Å². The van der Waals surface area contributed by atoms with Crippen LogP contribution in [0.5, 0.6) is 0 Å². The third kappa shape index (κ3) is 2.73. The lowest BCUT2D eigenvalue weighted by atomic mass is 10.1. The van der Waals surface area contributed by atoms with Crippen LogP contribution in [0.15, 0.2) is 5.16 Å². The zero-order chi connectivity index (χ0) is 11.5. The summed E-state index contributed by atoms with van der Waals surface area (Å²) in [5.41, 5.74) is 0. The van der Waals surface area contributed by atoms with Crippen LogP contribution in [0.25, 0.3) is 0 Å². The minimum absolute atomic E-state index is 0.0190. The smallest absolute Gasteiger partial charge is 0.313 e. The maximum atomic E-state index is 10.4. The quantitative estimate of drug-likeness (QED) is 0.763. The van der Waals surface area contributed by atoms with E-state index in [1.54, 1.807) is 0 Å². The number of carboxylic acids is 1. The Bertz CT molecular complexity index is 382. The van der Waals surface area contributed by atoms with Gasteiger partial charge in [-0.2, -0.15) is 0 Å². The maximum absolute atomic E-state index is 10.4. The van der Waals surface area contributed by atoms with Crippen molar-refractivity contribution in [2.24, 2.45) is 0 Å². The number of aliphatic carboxylic acids is 1. The fraction of sp³-hybridized carbons (Fsp3) is 0.667. The highest BCUT2D eigenvalue weighted by Gasteiger charge is 2.26. The van der Waals surface area contributed by atoms with E-state index in [2.05, 4.69) is 15.2 Å². The van der Waals surface area contributed by atoms with Crippen molar-refractivity contribution in [3.05, 3.63) is 5.82 Å². The van der Waals surface area contributed by atoms with Gasteiger partial charge in [0.2, 0.25) is 5.16 Å². The molecule has 2 atom stereocenters. The second kappa shape index (κ2) is 4.84. The Kier molecular flexibility index (Phi) is 3.45. The molecule has 0 radical (unpaired) electrons. The van der Waals surface area contributed by atoms with Gasteiger partial charge in [-0.05, 0) is 13.3 Å². The summed E-state index contributed by atoms with van der Waals surface area (Å²) in [7, 11) is 0.